The van der Waals surface area contributed by atoms with E-state index < -0.39 is 12.1 Å². The van der Waals surface area contributed by atoms with Gasteiger partial charge in [0.25, 0.3) is 5.91 Å². The fourth-order valence-corrected chi connectivity index (χ4v) is 2.95. The molecule has 0 bridgehead atoms. The van der Waals surface area contributed by atoms with E-state index in [0.29, 0.717) is 24.5 Å². The van der Waals surface area contributed by atoms with Gasteiger partial charge in [-0.3, -0.25) is 14.5 Å². The largest absolute Gasteiger partial charge is 0.390 e. The highest BCUT2D eigenvalue weighted by Gasteiger charge is 2.30. The first-order valence-electron chi connectivity index (χ1n) is 7.65. The van der Waals surface area contributed by atoms with Gasteiger partial charge in [-0.1, -0.05) is 29.3 Å². The standard InChI is InChI=1S/C16H21Cl2N3O3/c1-20(2)14(23)9-21-7-6-12(13(22)8-21)19-16(24)10-4-3-5-11(17)15(10)18/h3-5,12-13,22H,6-9H2,1-2H3,(H,19,24)/t12-,13-/m1/s1. The lowest BCUT2D eigenvalue weighted by Crippen LogP contribution is -2.55. The molecular weight excluding hydrogens is 353 g/mol. The van der Waals surface area contributed by atoms with E-state index in [-0.39, 0.29) is 28.9 Å². The maximum absolute atomic E-state index is 12.3. The van der Waals surface area contributed by atoms with E-state index in [9.17, 15) is 14.7 Å². The third kappa shape index (κ3) is 4.60. The number of nitrogens with one attached hydrogen (secondary N) is 1. The van der Waals surface area contributed by atoms with Crippen LogP contribution in [0, 0.1) is 0 Å². The Bertz CT molecular complexity index is 625. The highest BCUT2D eigenvalue weighted by atomic mass is 35.5. The maximum atomic E-state index is 12.3. The molecule has 0 aromatic heterocycles. The lowest BCUT2D eigenvalue weighted by Gasteiger charge is -2.36. The molecule has 2 atom stereocenters. The van der Waals surface area contributed by atoms with Gasteiger partial charge >= 0.3 is 0 Å². The fourth-order valence-electron chi connectivity index (χ4n) is 2.57. The van der Waals surface area contributed by atoms with Crippen molar-refractivity contribution in [1.29, 1.82) is 0 Å². The van der Waals surface area contributed by atoms with Crippen molar-refractivity contribution < 1.29 is 14.7 Å². The zero-order valence-electron chi connectivity index (χ0n) is 13.6. The zero-order valence-corrected chi connectivity index (χ0v) is 15.1. The summed E-state index contributed by atoms with van der Waals surface area (Å²) < 4.78 is 0. The Kier molecular flexibility index (Phi) is 6.46. The highest BCUT2D eigenvalue weighted by Crippen LogP contribution is 2.25. The molecule has 1 aromatic rings. The molecule has 132 valence electrons. The summed E-state index contributed by atoms with van der Waals surface area (Å²) in [5.74, 6) is -0.389. The van der Waals surface area contributed by atoms with E-state index >= 15 is 0 Å². The van der Waals surface area contributed by atoms with Crippen LogP contribution in [0.2, 0.25) is 10.0 Å². The number of hydrogen-bond acceptors (Lipinski definition) is 4. The normalized spacial score (nSPS) is 21.4. The van der Waals surface area contributed by atoms with E-state index in [1.165, 1.54) is 4.90 Å². The van der Waals surface area contributed by atoms with Crippen molar-refractivity contribution >= 4 is 35.0 Å². The Labute approximate surface area is 151 Å². The minimum atomic E-state index is -0.754. The van der Waals surface area contributed by atoms with Crippen LogP contribution in [-0.2, 0) is 4.79 Å². The number of piperidine rings is 1. The number of rotatable bonds is 4. The van der Waals surface area contributed by atoms with E-state index in [2.05, 4.69) is 5.32 Å². The number of aliphatic hydroxyl groups is 1. The second-order valence-electron chi connectivity index (χ2n) is 6.06. The second-order valence-corrected chi connectivity index (χ2v) is 6.85. The molecule has 1 aromatic carbocycles. The van der Waals surface area contributed by atoms with Crippen LogP contribution >= 0.6 is 23.2 Å². The highest BCUT2D eigenvalue weighted by molar-refractivity contribution is 6.43. The summed E-state index contributed by atoms with van der Waals surface area (Å²) in [6.45, 7) is 1.20. The molecule has 2 N–H and O–H groups in total. The zero-order chi connectivity index (χ0) is 17.9. The minimum Gasteiger partial charge on any atom is -0.390 e. The number of β-amino-alcohol motifs (C(OH)–C–C–N with tert-alkyl or cyclic N) is 1. The van der Waals surface area contributed by atoms with Crippen molar-refractivity contribution in [1.82, 2.24) is 15.1 Å². The Morgan fingerprint density at radius 1 is 1.38 bits per heavy atom. The monoisotopic (exact) mass is 373 g/mol. The molecule has 0 aliphatic carbocycles. The topological polar surface area (TPSA) is 72.9 Å². The molecule has 1 heterocycles. The van der Waals surface area contributed by atoms with Crippen LogP contribution in [0.5, 0.6) is 0 Å². The molecule has 24 heavy (non-hydrogen) atoms. The first kappa shape index (κ1) is 19.0. The third-order valence-corrected chi connectivity index (χ3v) is 4.86. The first-order valence-corrected chi connectivity index (χ1v) is 8.40. The SMILES string of the molecule is CN(C)C(=O)CN1CC[C@@H](NC(=O)c2cccc(Cl)c2Cl)[C@H](O)C1. The molecule has 0 spiro atoms. The van der Waals surface area contributed by atoms with Gasteiger partial charge in [-0.2, -0.15) is 0 Å². The number of amides is 2. The van der Waals surface area contributed by atoms with Gasteiger partial charge in [0.2, 0.25) is 5.91 Å². The number of benzene rings is 1. The second kappa shape index (κ2) is 8.16. The minimum absolute atomic E-state index is 0.0182. The van der Waals surface area contributed by atoms with Gasteiger partial charge in [0.05, 0.1) is 34.3 Å². The number of hydrogen-bond donors (Lipinski definition) is 2. The van der Waals surface area contributed by atoms with Gasteiger partial charge in [-0.15, -0.1) is 0 Å². The predicted molar refractivity (Wildman–Crippen MR) is 93.5 cm³/mol. The molecular formula is C16H21Cl2N3O3. The third-order valence-electron chi connectivity index (χ3n) is 4.04. The summed E-state index contributed by atoms with van der Waals surface area (Å²) in [6, 6.07) is 4.45. The van der Waals surface area contributed by atoms with Crippen molar-refractivity contribution in [2.45, 2.75) is 18.6 Å². The summed E-state index contributed by atoms with van der Waals surface area (Å²) in [5.41, 5.74) is 0.279. The number of aliphatic hydroxyl groups excluding tert-OH is 1. The summed E-state index contributed by atoms with van der Waals surface area (Å²) in [7, 11) is 3.39. The summed E-state index contributed by atoms with van der Waals surface area (Å²) in [6.07, 6.45) is -0.207. The van der Waals surface area contributed by atoms with E-state index in [1.54, 1.807) is 32.3 Å². The fraction of sp³-hybridized carbons (Fsp3) is 0.500. The van der Waals surface area contributed by atoms with Gasteiger partial charge < -0.3 is 15.3 Å². The van der Waals surface area contributed by atoms with Crippen LogP contribution in [0.4, 0.5) is 0 Å². The van der Waals surface area contributed by atoms with E-state index in [4.69, 9.17) is 23.2 Å². The van der Waals surface area contributed by atoms with Gasteiger partial charge in [0.1, 0.15) is 0 Å². The van der Waals surface area contributed by atoms with Crippen molar-refractivity contribution in [3.05, 3.63) is 33.8 Å². The molecule has 0 saturated carbocycles. The molecule has 1 fully saturated rings. The molecule has 1 saturated heterocycles. The van der Waals surface area contributed by atoms with Crippen LogP contribution < -0.4 is 5.32 Å². The Morgan fingerprint density at radius 3 is 2.71 bits per heavy atom. The van der Waals surface area contributed by atoms with Crippen molar-refractivity contribution in [2.24, 2.45) is 0 Å². The number of halogens is 2. The Hall–Kier alpha value is -1.34. The van der Waals surface area contributed by atoms with Gasteiger partial charge in [-0.25, -0.2) is 0 Å². The Morgan fingerprint density at radius 2 is 2.08 bits per heavy atom. The molecule has 2 rings (SSSR count). The number of carbonyl (C=O) groups excluding carboxylic acids is 2. The van der Waals surface area contributed by atoms with Gasteiger partial charge in [-0.05, 0) is 18.6 Å². The van der Waals surface area contributed by atoms with Gasteiger partial charge in [0, 0.05) is 27.2 Å². The predicted octanol–water partition coefficient (Wildman–Crippen LogP) is 1.25. The molecule has 8 heteroatoms. The number of likely N-dealkylation sites (N-methyl/N-ethyl adjacent to an activating group) is 1. The van der Waals surface area contributed by atoms with Crippen molar-refractivity contribution in [3.8, 4) is 0 Å². The average Bonchev–Trinajstić information content (AvgIpc) is 2.52. The smallest absolute Gasteiger partial charge is 0.253 e. The molecule has 0 unspecified atom stereocenters. The van der Waals surface area contributed by atoms with Crippen LogP contribution in [0.25, 0.3) is 0 Å². The van der Waals surface area contributed by atoms with Crippen LogP contribution in [0.15, 0.2) is 18.2 Å². The molecule has 2 amide bonds. The summed E-state index contributed by atoms with van der Waals surface area (Å²) >= 11 is 12.0. The molecule has 1 aliphatic rings. The molecule has 0 radical (unpaired) electrons. The quantitative estimate of drug-likeness (QED) is 0.832. The first-order chi connectivity index (χ1) is 11.3. The number of carbonyl (C=O) groups is 2. The lowest BCUT2D eigenvalue weighted by atomic mass is 10.0. The number of nitrogens with zero attached hydrogens (tertiary/aromatic N) is 2. The molecule has 6 nitrogen and oxygen atoms in total. The van der Waals surface area contributed by atoms with Crippen molar-refractivity contribution in [3.63, 3.8) is 0 Å². The maximum Gasteiger partial charge on any atom is 0.253 e. The number of likely N-dealkylation sites (tertiary alicyclic amines) is 1. The van der Waals surface area contributed by atoms with Gasteiger partial charge in [0.15, 0.2) is 0 Å². The lowest BCUT2D eigenvalue weighted by molar-refractivity contribution is -0.130. The van der Waals surface area contributed by atoms with Crippen molar-refractivity contribution in [2.75, 3.05) is 33.7 Å². The summed E-state index contributed by atoms with van der Waals surface area (Å²) in [5, 5.41) is 13.6. The average molecular weight is 374 g/mol. The summed E-state index contributed by atoms with van der Waals surface area (Å²) in [4.78, 5) is 27.5. The van der Waals surface area contributed by atoms with E-state index in [0.717, 1.165) is 0 Å². The van der Waals surface area contributed by atoms with Crippen LogP contribution in [0.1, 0.15) is 16.8 Å². The van der Waals surface area contributed by atoms with E-state index in [1.807, 2.05) is 4.90 Å². The van der Waals surface area contributed by atoms with Crippen LogP contribution in [0.3, 0.4) is 0 Å². The van der Waals surface area contributed by atoms with Crippen LogP contribution in [-0.4, -0.2) is 72.6 Å². The Balaban J connectivity index is 1.94. The molecule has 1 aliphatic heterocycles.